The van der Waals surface area contributed by atoms with Gasteiger partial charge in [-0.25, -0.2) is 0 Å². The number of amides is 1. The lowest BCUT2D eigenvalue weighted by Crippen LogP contribution is -2.22. The van der Waals surface area contributed by atoms with Crippen LogP contribution in [0.5, 0.6) is 11.5 Å². The second kappa shape index (κ2) is 8.88. The lowest BCUT2D eigenvalue weighted by atomic mass is 10.2. The third-order valence-corrected chi connectivity index (χ3v) is 5.70. The maximum Gasteiger partial charge on any atom is 0.239 e. The summed E-state index contributed by atoms with van der Waals surface area (Å²) in [5.41, 5.74) is 0.765. The van der Waals surface area contributed by atoms with E-state index in [4.69, 9.17) is 9.47 Å². The topological polar surface area (TPSA) is 73.3 Å². The Bertz CT molecular complexity index is 916. The molecule has 2 aromatic carbocycles. The van der Waals surface area contributed by atoms with Crippen LogP contribution in [0.2, 0.25) is 0 Å². The number of ether oxygens (including phenoxy) is 2. The number of hydrogen-bond acceptors (Lipinski definition) is 7. The average Bonchev–Trinajstić information content (AvgIpc) is 3.16. The molecule has 1 atom stereocenters. The Morgan fingerprint density at radius 1 is 1.11 bits per heavy atom. The highest BCUT2D eigenvalue weighted by Gasteiger charge is 2.18. The van der Waals surface area contributed by atoms with Crippen LogP contribution in [0, 0.1) is 0 Å². The summed E-state index contributed by atoms with van der Waals surface area (Å²) in [4.78, 5) is 13.5. The zero-order valence-electron chi connectivity index (χ0n) is 15.1. The number of benzene rings is 2. The molecule has 0 fully saturated rings. The van der Waals surface area contributed by atoms with Crippen LogP contribution in [-0.4, -0.2) is 35.6 Å². The van der Waals surface area contributed by atoms with Gasteiger partial charge in [-0.15, -0.1) is 22.0 Å². The van der Waals surface area contributed by atoms with Crippen molar-refractivity contribution in [1.82, 2.24) is 10.2 Å². The summed E-state index contributed by atoms with van der Waals surface area (Å²) in [7, 11) is 3.20. The SMILES string of the molecule is COc1ccc(OC)c(-c2nnc(NC(=O)C(C)Sc3ccccc3)s2)c1. The first-order chi connectivity index (χ1) is 13.1. The summed E-state index contributed by atoms with van der Waals surface area (Å²) in [5.74, 6) is 1.24. The summed E-state index contributed by atoms with van der Waals surface area (Å²) in [6, 6.07) is 15.3. The fourth-order valence-corrected chi connectivity index (χ4v) is 3.98. The van der Waals surface area contributed by atoms with Crippen molar-refractivity contribution >= 4 is 34.1 Å². The third kappa shape index (κ3) is 4.78. The van der Waals surface area contributed by atoms with Crippen molar-refractivity contribution < 1.29 is 14.3 Å². The van der Waals surface area contributed by atoms with E-state index >= 15 is 0 Å². The van der Waals surface area contributed by atoms with Crippen LogP contribution in [0.25, 0.3) is 10.6 Å². The molecule has 140 valence electrons. The van der Waals surface area contributed by atoms with E-state index in [1.54, 1.807) is 14.2 Å². The Labute approximate surface area is 165 Å². The van der Waals surface area contributed by atoms with Gasteiger partial charge in [0.05, 0.1) is 25.0 Å². The summed E-state index contributed by atoms with van der Waals surface area (Å²) < 4.78 is 10.7. The first kappa shape index (κ1) is 19.2. The van der Waals surface area contributed by atoms with E-state index in [2.05, 4.69) is 15.5 Å². The van der Waals surface area contributed by atoms with Gasteiger partial charge in [-0.05, 0) is 37.3 Å². The third-order valence-electron chi connectivity index (χ3n) is 3.72. The molecule has 0 saturated heterocycles. The molecule has 3 rings (SSSR count). The largest absolute Gasteiger partial charge is 0.497 e. The van der Waals surface area contributed by atoms with Crippen LogP contribution in [0.15, 0.2) is 53.4 Å². The lowest BCUT2D eigenvalue weighted by molar-refractivity contribution is -0.115. The summed E-state index contributed by atoms with van der Waals surface area (Å²) >= 11 is 2.78. The highest BCUT2D eigenvalue weighted by atomic mass is 32.2. The van der Waals surface area contributed by atoms with Crippen molar-refractivity contribution in [3.8, 4) is 22.1 Å². The van der Waals surface area contributed by atoms with Crippen LogP contribution in [0.4, 0.5) is 5.13 Å². The Morgan fingerprint density at radius 2 is 1.89 bits per heavy atom. The maximum absolute atomic E-state index is 12.4. The minimum absolute atomic E-state index is 0.121. The minimum atomic E-state index is -0.258. The van der Waals surface area contributed by atoms with Crippen molar-refractivity contribution in [3.05, 3.63) is 48.5 Å². The van der Waals surface area contributed by atoms with Gasteiger partial charge in [0.1, 0.15) is 11.5 Å². The zero-order valence-corrected chi connectivity index (χ0v) is 16.8. The number of carbonyl (C=O) groups is 1. The molecule has 1 heterocycles. The molecule has 3 aromatic rings. The molecule has 8 heteroatoms. The van der Waals surface area contributed by atoms with E-state index in [1.165, 1.54) is 23.1 Å². The molecule has 1 amide bonds. The molecular weight excluding hydrogens is 382 g/mol. The van der Waals surface area contributed by atoms with Crippen LogP contribution in [0.3, 0.4) is 0 Å². The predicted molar refractivity (Wildman–Crippen MR) is 109 cm³/mol. The van der Waals surface area contributed by atoms with Crippen LogP contribution in [-0.2, 0) is 4.79 Å². The standard InChI is InChI=1S/C19H19N3O3S2/c1-12(26-14-7-5-4-6-8-14)17(23)20-19-22-21-18(27-19)15-11-13(24-2)9-10-16(15)25-3/h4-12H,1-3H3,(H,20,22,23). The van der Waals surface area contributed by atoms with E-state index in [0.29, 0.717) is 21.6 Å². The van der Waals surface area contributed by atoms with Gasteiger partial charge in [0.15, 0.2) is 5.01 Å². The van der Waals surface area contributed by atoms with Gasteiger partial charge >= 0.3 is 0 Å². The molecule has 1 N–H and O–H groups in total. The summed E-state index contributed by atoms with van der Waals surface area (Å²) in [6.07, 6.45) is 0. The van der Waals surface area contributed by atoms with E-state index in [1.807, 2.05) is 55.5 Å². The summed E-state index contributed by atoms with van der Waals surface area (Å²) in [5, 5.41) is 11.9. The first-order valence-corrected chi connectivity index (χ1v) is 9.89. The number of anilines is 1. The fourth-order valence-electron chi connectivity index (χ4n) is 2.33. The lowest BCUT2D eigenvalue weighted by Gasteiger charge is -2.10. The highest BCUT2D eigenvalue weighted by molar-refractivity contribution is 8.00. The van der Waals surface area contributed by atoms with Gasteiger partial charge < -0.3 is 9.47 Å². The average molecular weight is 402 g/mol. The molecule has 27 heavy (non-hydrogen) atoms. The quantitative estimate of drug-likeness (QED) is 0.594. The second-order valence-electron chi connectivity index (χ2n) is 5.54. The Hall–Kier alpha value is -2.58. The van der Waals surface area contributed by atoms with E-state index in [0.717, 1.165) is 10.5 Å². The number of methoxy groups -OCH3 is 2. The van der Waals surface area contributed by atoms with Gasteiger partial charge in [-0.1, -0.05) is 29.5 Å². The molecule has 0 bridgehead atoms. The molecule has 0 aliphatic rings. The van der Waals surface area contributed by atoms with Crippen molar-refractivity contribution in [2.24, 2.45) is 0 Å². The van der Waals surface area contributed by atoms with Crippen LogP contribution < -0.4 is 14.8 Å². The monoisotopic (exact) mass is 401 g/mol. The summed E-state index contributed by atoms with van der Waals surface area (Å²) in [6.45, 7) is 1.86. The number of nitrogens with one attached hydrogen (secondary N) is 1. The van der Waals surface area contributed by atoms with E-state index < -0.39 is 0 Å². The Kier molecular flexibility index (Phi) is 6.31. The molecule has 1 aromatic heterocycles. The van der Waals surface area contributed by atoms with Crippen molar-refractivity contribution in [1.29, 1.82) is 0 Å². The molecule has 0 spiro atoms. The maximum atomic E-state index is 12.4. The molecule has 0 aliphatic carbocycles. The predicted octanol–water partition coefficient (Wildman–Crippen LogP) is 4.34. The van der Waals surface area contributed by atoms with Gasteiger partial charge in [0.2, 0.25) is 11.0 Å². The van der Waals surface area contributed by atoms with Crippen molar-refractivity contribution in [2.75, 3.05) is 19.5 Å². The van der Waals surface area contributed by atoms with Crippen LogP contribution >= 0.6 is 23.1 Å². The van der Waals surface area contributed by atoms with Gasteiger partial charge in [-0.2, -0.15) is 0 Å². The second-order valence-corrected chi connectivity index (χ2v) is 7.93. The van der Waals surface area contributed by atoms with Gasteiger partial charge in [-0.3, -0.25) is 10.1 Å². The van der Waals surface area contributed by atoms with Crippen LogP contribution in [0.1, 0.15) is 6.92 Å². The van der Waals surface area contributed by atoms with E-state index in [-0.39, 0.29) is 11.2 Å². The number of nitrogens with zero attached hydrogens (tertiary/aromatic N) is 2. The smallest absolute Gasteiger partial charge is 0.239 e. The molecule has 0 radical (unpaired) electrons. The zero-order chi connectivity index (χ0) is 19.2. The fraction of sp³-hybridized carbons (Fsp3) is 0.211. The normalized spacial score (nSPS) is 11.7. The first-order valence-electron chi connectivity index (χ1n) is 8.19. The van der Waals surface area contributed by atoms with E-state index in [9.17, 15) is 4.79 Å². The molecule has 6 nitrogen and oxygen atoms in total. The highest BCUT2D eigenvalue weighted by Crippen LogP contribution is 2.36. The number of aromatic nitrogens is 2. The molecule has 1 unspecified atom stereocenters. The van der Waals surface area contributed by atoms with Crippen molar-refractivity contribution in [2.45, 2.75) is 17.1 Å². The van der Waals surface area contributed by atoms with Gasteiger partial charge in [0.25, 0.3) is 0 Å². The van der Waals surface area contributed by atoms with Gasteiger partial charge in [0, 0.05) is 4.90 Å². The molecular formula is C19H19N3O3S2. The number of carbonyl (C=O) groups excluding carboxylic acids is 1. The molecule has 0 saturated carbocycles. The number of thioether (sulfide) groups is 1. The number of hydrogen-bond donors (Lipinski definition) is 1. The molecule has 0 aliphatic heterocycles. The number of rotatable bonds is 7. The minimum Gasteiger partial charge on any atom is -0.497 e. The Balaban J connectivity index is 1.72. The van der Waals surface area contributed by atoms with Crippen molar-refractivity contribution in [3.63, 3.8) is 0 Å². The Morgan fingerprint density at radius 3 is 2.59 bits per heavy atom.